The van der Waals surface area contributed by atoms with Gasteiger partial charge in [-0.3, -0.25) is 4.79 Å². The van der Waals surface area contributed by atoms with E-state index in [1.165, 1.54) is 11.3 Å². The Bertz CT molecular complexity index is 853. The topological polar surface area (TPSA) is 72.2 Å². The number of amides is 1. The van der Waals surface area contributed by atoms with Crippen molar-refractivity contribution in [1.29, 1.82) is 0 Å². The summed E-state index contributed by atoms with van der Waals surface area (Å²) in [4.78, 5) is 12.2. The number of nitrogens with zero attached hydrogens (tertiary/aromatic N) is 4. The van der Waals surface area contributed by atoms with Crippen LogP contribution in [-0.4, -0.2) is 29.5 Å². The lowest BCUT2D eigenvalue weighted by molar-refractivity contribution is -0.120. The number of carbonyl (C=O) groups excluding carboxylic acids is 1. The molecular weight excluding hydrogens is 381 g/mol. The molecule has 0 saturated heterocycles. The summed E-state index contributed by atoms with van der Waals surface area (Å²) in [5.74, 6) is 0.0873. The molecule has 0 aliphatic rings. The maximum Gasteiger partial charge on any atom is 0.272 e. The van der Waals surface area contributed by atoms with Crippen molar-refractivity contribution >= 4 is 57.0 Å². The molecule has 2 heterocycles. The van der Waals surface area contributed by atoms with Gasteiger partial charge >= 0.3 is 0 Å². The van der Waals surface area contributed by atoms with Crippen LogP contribution in [0.1, 0.15) is 11.4 Å². The molecule has 0 saturated carbocycles. The third-order valence-corrected chi connectivity index (χ3v) is 4.52. The minimum Gasteiger partial charge on any atom is -0.348 e. The minimum atomic E-state index is -1.96. The molecule has 1 amide bonds. The second kappa shape index (κ2) is 6.24. The Morgan fingerprint density at radius 3 is 2.57 bits per heavy atom. The van der Waals surface area contributed by atoms with Gasteiger partial charge in [0.05, 0.1) is 0 Å². The van der Waals surface area contributed by atoms with E-state index < -0.39 is 9.70 Å². The van der Waals surface area contributed by atoms with E-state index in [4.69, 9.17) is 34.8 Å². The van der Waals surface area contributed by atoms with Crippen LogP contribution in [0, 0.1) is 6.92 Å². The van der Waals surface area contributed by atoms with Crippen LogP contribution < -0.4 is 5.32 Å². The third-order valence-electron chi connectivity index (χ3n) is 3.06. The van der Waals surface area contributed by atoms with Crippen LogP contribution in [0.15, 0.2) is 24.3 Å². The number of rotatable bonds is 3. The number of fused-ring (bicyclic) bond motifs is 1. The van der Waals surface area contributed by atoms with E-state index >= 15 is 0 Å². The van der Waals surface area contributed by atoms with Crippen LogP contribution >= 0.6 is 46.1 Å². The summed E-state index contributed by atoms with van der Waals surface area (Å²) in [7, 11) is 0. The van der Waals surface area contributed by atoms with Gasteiger partial charge in [0.25, 0.3) is 9.70 Å². The zero-order valence-corrected chi connectivity index (χ0v) is 14.8. The minimum absolute atomic E-state index is 0.275. The normalized spacial score (nSPS) is 11.8. The van der Waals surface area contributed by atoms with Crippen LogP contribution in [0.3, 0.4) is 0 Å². The van der Waals surface area contributed by atoms with Crippen molar-refractivity contribution in [3.8, 4) is 10.6 Å². The van der Waals surface area contributed by atoms with Gasteiger partial charge in [0, 0.05) is 12.1 Å². The quantitative estimate of drug-likeness (QED) is 0.697. The molecule has 1 aromatic carbocycles. The predicted octanol–water partition coefficient (Wildman–Crippen LogP) is 3.15. The van der Waals surface area contributed by atoms with E-state index in [1.807, 2.05) is 31.2 Å². The summed E-state index contributed by atoms with van der Waals surface area (Å²) < 4.78 is -0.253. The van der Waals surface area contributed by atoms with E-state index in [-0.39, 0.29) is 6.54 Å². The first kappa shape index (κ1) is 16.4. The molecule has 0 spiro atoms. The van der Waals surface area contributed by atoms with Gasteiger partial charge in [0.1, 0.15) is 5.01 Å². The SMILES string of the molecule is Cc1nnc2sc(-c3ccc(CNC(=O)C(Cl)(Cl)Cl)cc3)nn12. The second-order valence-corrected chi connectivity index (χ2v) is 7.96. The first-order valence-electron chi connectivity index (χ1n) is 6.48. The van der Waals surface area contributed by atoms with Crippen molar-refractivity contribution in [3.63, 3.8) is 0 Å². The largest absolute Gasteiger partial charge is 0.348 e. The molecule has 0 aliphatic heterocycles. The summed E-state index contributed by atoms with van der Waals surface area (Å²) in [6.07, 6.45) is 0. The highest BCUT2D eigenvalue weighted by Gasteiger charge is 2.30. The Labute approximate surface area is 150 Å². The first-order valence-corrected chi connectivity index (χ1v) is 8.43. The fraction of sp³-hybridized carbons (Fsp3) is 0.231. The lowest BCUT2D eigenvalue weighted by atomic mass is 10.1. The number of aryl methyl sites for hydroxylation is 1. The lowest BCUT2D eigenvalue weighted by Gasteiger charge is -2.11. The van der Waals surface area contributed by atoms with Crippen molar-refractivity contribution in [1.82, 2.24) is 25.1 Å². The highest BCUT2D eigenvalue weighted by molar-refractivity contribution is 7.19. The Balaban J connectivity index is 1.73. The maximum absolute atomic E-state index is 11.5. The molecule has 0 aliphatic carbocycles. The fourth-order valence-corrected chi connectivity index (χ4v) is 2.97. The van der Waals surface area contributed by atoms with E-state index in [9.17, 15) is 4.79 Å². The number of aromatic nitrogens is 4. The molecule has 0 atom stereocenters. The average Bonchev–Trinajstić information content (AvgIpc) is 3.07. The molecule has 0 fully saturated rings. The molecule has 6 nitrogen and oxygen atoms in total. The molecule has 2 aromatic heterocycles. The lowest BCUT2D eigenvalue weighted by Crippen LogP contribution is -2.33. The zero-order chi connectivity index (χ0) is 16.6. The summed E-state index contributed by atoms with van der Waals surface area (Å²) in [6.45, 7) is 2.12. The van der Waals surface area contributed by atoms with Gasteiger partial charge in [-0.1, -0.05) is 70.4 Å². The van der Waals surface area contributed by atoms with E-state index in [0.717, 1.165) is 26.9 Å². The summed E-state index contributed by atoms with van der Waals surface area (Å²) in [6, 6.07) is 7.59. The van der Waals surface area contributed by atoms with Crippen molar-refractivity contribution in [3.05, 3.63) is 35.7 Å². The van der Waals surface area contributed by atoms with Crippen LogP contribution in [0.25, 0.3) is 15.5 Å². The highest BCUT2D eigenvalue weighted by Crippen LogP contribution is 2.27. The molecule has 0 unspecified atom stereocenters. The Hall–Kier alpha value is -1.41. The van der Waals surface area contributed by atoms with Crippen molar-refractivity contribution in [2.75, 3.05) is 0 Å². The molecular formula is C13H10Cl3N5OS. The van der Waals surface area contributed by atoms with Crippen LogP contribution in [-0.2, 0) is 11.3 Å². The molecule has 1 N–H and O–H groups in total. The third kappa shape index (κ3) is 3.58. The maximum atomic E-state index is 11.5. The average molecular weight is 391 g/mol. The van der Waals surface area contributed by atoms with E-state index in [2.05, 4.69) is 20.6 Å². The molecule has 0 bridgehead atoms. The molecule has 3 aromatic rings. The second-order valence-electron chi connectivity index (χ2n) is 4.73. The van der Waals surface area contributed by atoms with Gasteiger partial charge < -0.3 is 5.32 Å². The Morgan fingerprint density at radius 1 is 1.26 bits per heavy atom. The summed E-state index contributed by atoms with van der Waals surface area (Å²) >= 11 is 17.9. The van der Waals surface area contributed by atoms with Gasteiger partial charge in [-0.15, -0.1) is 10.2 Å². The number of nitrogens with one attached hydrogen (secondary N) is 1. The molecule has 120 valence electrons. The smallest absolute Gasteiger partial charge is 0.272 e. The first-order chi connectivity index (χ1) is 10.8. The van der Waals surface area contributed by atoms with Crippen molar-refractivity contribution < 1.29 is 4.79 Å². The Kier molecular flexibility index (Phi) is 4.46. The highest BCUT2D eigenvalue weighted by atomic mass is 35.6. The van der Waals surface area contributed by atoms with Gasteiger partial charge in [-0.05, 0) is 12.5 Å². The number of carbonyl (C=O) groups is 1. The van der Waals surface area contributed by atoms with Crippen molar-refractivity contribution in [2.24, 2.45) is 0 Å². The number of hydrogen-bond donors (Lipinski definition) is 1. The van der Waals surface area contributed by atoms with Crippen LogP contribution in [0.4, 0.5) is 0 Å². The molecule has 3 rings (SSSR count). The van der Waals surface area contributed by atoms with Crippen LogP contribution in [0.2, 0.25) is 0 Å². The standard InChI is InChI=1S/C13H10Cl3N5OS/c1-7-18-19-12-21(7)20-10(23-12)9-4-2-8(3-5-9)6-17-11(22)13(14,15)16/h2-5H,6H2,1H3,(H,17,22). The Morgan fingerprint density at radius 2 is 1.96 bits per heavy atom. The predicted molar refractivity (Wildman–Crippen MR) is 91.0 cm³/mol. The summed E-state index contributed by atoms with van der Waals surface area (Å²) in [5.41, 5.74) is 1.84. The van der Waals surface area contributed by atoms with E-state index in [1.54, 1.807) is 4.52 Å². The number of alkyl halides is 3. The van der Waals surface area contributed by atoms with Gasteiger partial charge in [-0.2, -0.15) is 9.61 Å². The number of halogens is 3. The fourth-order valence-electron chi connectivity index (χ4n) is 1.88. The van der Waals surface area contributed by atoms with Crippen LogP contribution in [0.5, 0.6) is 0 Å². The molecule has 23 heavy (non-hydrogen) atoms. The molecule has 10 heteroatoms. The molecule has 0 radical (unpaired) electrons. The van der Waals surface area contributed by atoms with Crippen molar-refractivity contribution in [2.45, 2.75) is 17.3 Å². The van der Waals surface area contributed by atoms with E-state index in [0.29, 0.717) is 0 Å². The summed E-state index contributed by atoms with van der Waals surface area (Å²) in [5, 5.41) is 15.9. The van der Waals surface area contributed by atoms with Gasteiger partial charge in [0.2, 0.25) is 4.96 Å². The number of benzene rings is 1. The number of hydrogen-bond acceptors (Lipinski definition) is 5. The van der Waals surface area contributed by atoms with Gasteiger partial charge in [0.15, 0.2) is 5.82 Å². The van der Waals surface area contributed by atoms with Gasteiger partial charge in [-0.25, -0.2) is 0 Å². The zero-order valence-electron chi connectivity index (χ0n) is 11.8. The monoisotopic (exact) mass is 389 g/mol.